The van der Waals surface area contributed by atoms with E-state index in [2.05, 4.69) is 0 Å². The van der Waals surface area contributed by atoms with Crippen LogP contribution in [0.25, 0.3) is 22.9 Å². The topological polar surface area (TPSA) is 137 Å². The van der Waals surface area contributed by atoms with Gasteiger partial charge in [0.15, 0.2) is 23.0 Å². The van der Waals surface area contributed by atoms with E-state index in [9.17, 15) is 30.0 Å². The summed E-state index contributed by atoms with van der Waals surface area (Å²) in [5.74, 6) is -1.08. The molecule has 1 aliphatic rings. The first-order chi connectivity index (χ1) is 14.7. The van der Waals surface area contributed by atoms with Crippen LogP contribution in [0.1, 0.15) is 36.3 Å². The third kappa shape index (κ3) is 3.83. The van der Waals surface area contributed by atoms with Crippen LogP contribution in [0.5, 0.6) is 23.0 Å². The predicted octanol–water partition coefficient (Wildman–Crippen LogP) is 3.72. The van der Waals surface area contributed by atoms with Gasteiger partial charge in [0.1, 0.15) is 23.4 Å². The monoisotopic (exact) mass is 422 g/mol. The molecule has 2 aromatic carbocycles. The molecule has 0 spiro atoms. The number of aromatic hydroxyl groups is 4. The first kappa shape index (κ1) is 20.1. The van der Waals surface area contributed by atoms with Crippen LogP contribution in [0.15, 0.2) is 51.4 Å². The van der Waals surface area contributed by atoms with Crippen molar-refractivity contribution in [2.24, 2.45) is 0 Å². The van der Waals surface area contributed by atoms with E-state index in [1.54, 1.807) is 18.2 Å². The highest BCUT2D eigenvalue weighted by Gasteiger charge is 2.29. The average molecular weight is 422 g/mol. The Balaban J connectivity index is 1.84. The van der Waals surface area contributed by atoms with Crippen molar-refractivity contribution in [3.05, 3.63) is 69.5 Å². The predicted molar refractivity (Wildman–Crippen MR) is 112 cm³/mol. The number of ether oxygens (including phenoxy) is 1. The lowest BCUT2D eigenvalue weighted by molar-refractivity contribution is -0.119. The van der Waals surface area contributed by atoms with E-state index >= 15 is 0 Å². The molecule has 0 saturated carbocycles. The largest absolute Gasteiger partial charge is 0.504 e. The Kier molecular flexibility index (Phi) is 4.90. The molecule has 2 heterocycles. The second kappa shape index (κ2) is 7.56. The summed E-state index contributed by atoms with van der Waals surface area (Å²) >= 11 is 0. The molecule has 0 bridgehead atoms. The normalized spacial score (nSPS) is 15.5. The van der Waals surface area contributed by atoms with Gasteiger partial charge in [0.05, 0.1) is 5.39 Å². The number of rotatable bonds is 4. The van der Waals surface area contributed by atoms with E-state index in [1.807, 2.05) is 0 Å². The number of Topliss-reactive ketones (excluding diaryl/α,β-unsaturated/α-hetero) is 1. The lowest BCUT2D eigenvalue weighted by Gasteiger charge is -2.25. The average Bonchev–Trinajstić information content (AvgIpc) is 2.70. The van der Waals surface area contributed by atoms with Crippen LogP contribution >= 0.6 is 0 Å². The maximum absolute atomic E-state index is 12.4. The van der Waals surface area contributed by atoms with Crippen molar-refractivity contribution in [2.75, 3.05) is 0 Å². The van der Waals surface area contributed by atoms with Gasteiger partial charge in [-0.1, -0.05) is 12.1 Å². The highest BCUT2D eigenvalue weighted by molar-refractivity contribution is 5.91. The summed E-state index contributed by atoms with van der Waals surface area (Å²) < 4.78 is 11.4. The quantitative estimate of drug-likeness (QED) is 0.467. The maximum atomic E-state index is 12.4. The smallest absolute Gasteiger partial charge is 0.344 e. The molecule has 0 saturated heterocycles. The fraction of sp³-hybridized carbons (Fsp3) is 0.130. The number of allylic oxidation sites excluding steroid dienone is 1. The highest BCUT2D eigenvalue weighted by Crippen LogP contribution is 2.40. The maximum Gasteiger partial charge on any atom is 0.344 e. The lowest BCUT2D eigenvalue weighted by Crippen LogP contribution is -2.16. The van der Waals surface area contributed by atoms with E-state index in [0.717, 1.165) is 6.07 Å². The van der Waals surface area contributed by atoms with Gasteiger partial charge in [0.2, 0.25) is 0 Å². The summed E-state index contributed by atoms with van der Waals surface area (Å²) in [6.45, 7) is 1.40. The van der Waals surface area contributed by atoms with Crippen molar-refractivity contribution in [1.29, 1.82) is 0 Å². The number of carbonyl (C=O) groups excluding carboxylic acids is 1. The summed E-state index contributed by atoms with van der Waals surface area (Å²) in [7, 11) is 0. The third-order valence-electron chi connectivity index (χ3n) is 4.88. The van der Waals surface area contributed by atoms with Crippen molar-refractivity contribution in [2.45, 2.75) is 19.4 Å². The van der Waals surface area contributed by atoms with Crippen molar-refractivity contribution < 1.29 is 34.4 Å². The van der Waals surface area contributed by atoms with E-state index in [1.165, 1.54) is 31.2 Å². The molecule has 3 aromatic rings. The molecule has 8 nitrogen and oxygen atoms in total. The van der Waals surface area contributed by atoms with E-state index in [-0.39, 0.29) is 34.8 Å². The minimum absolute atomic E-state index is 0.0113. The fourth-order valence-electron chi connectivity index (χ4n) is 3.45. The number of benzene rings is 2. The van der Waals surface area contributed by atoms with Crippen molar-refractivity contribution in [3.63, 3.8) is 0 Å². The number of phenolic OH excluding ortho intramolecular Hbond substituents is 4. The number of fused-ring (bicyclic) bond motifs is 3. The molecule has 4 N–H and O–H groups in total. The summed E-state index contributed by atoms with van der Waals surface area (Å²) in [5, 5.41) is 39.1. The van der Waals surface area contributed by atoms with Crippen LogP contribution in [0.3, 0.4) is 0 Å². The molecule has 31 heavy (non-hydrogen) atoms. The molecule has 158 valence electrons. The van der Waals surface area contributed by atoms with Crippen LogP contribution in [0.2, 0.25) is 0 Å². The number of phenols is 4. The van der Waals surface area contributed by atoms with Gasteiger partial charge in [-0.25, -0.2) is 4.79 Å². The lowest BCUT2D eigenvalue weighted by atomic mass is 9.95. The van der Waals surface area contributed by atoms with Crippen molar-refractivity contribution in [3.8, 4) is 23.0 Å². The molecule has 8 heteroatoms. The first-order valence-electron chi connectivity index (χ1n) is 9.33. The number of ketones is 1. The Bertz CT molecular complexity index is 1330. The SMILES string of the molecule is CC(=O)CC1OC(/C=C/c2ccc(O)c(O)c2)=Cc2oc(=O)c3cc(O)c(O)cc3c21. The van der Waals surface area contributed by atoms with Crippen LogP contribution in [-0.2, 0) is 9.53 Å². The molecule has 0 amide bonds. The number of hydrogen-bond donors (Lipinski definition) is 4. The van der Waals surface area contributed by atoms with Gasteiger partial charge in [-0.3, -0.25) is 4.79 Å². The van der Waals surface area contributed by atoms with E-state index < -0.39 is 23.2 Å². The minimum Gasteiger partial charge on any atom is -0.504 e. The summed E-state index contributed by atoms with van der Waals surface area (Å²) in [6.07, 6.45) is 3.86. The first-order valence-corrected chi connectivity index (χ1v) is 9.33. The second-order valence-corrected chi connectivity index (χ2v) is 7.19. The zero-order chi connectivity index (χ0) is 22.3. The van der Waals surface area contributed by atoms with Gasteiger partial charge < -0.3 is 29.6 Å². The minimum atomic E-state index is -0.791. The van der Waals surface area contributed by atoms with Gasteiger partial charge in [0, 0.05) is 23.4 Å². The molecule has 1 aliphatic heterocycles. The van der Waals surface area contributed by atoms with Crippen molar-refractivity contribution >= 4 is 28.7 Å². The second-order valence-electron chi connectivity index (χ2n) is 7.19. The van der Waals surface area contributed by atoms with Crippen LogP contribution in [-0.4, -0.2) is 26.2 Å². The van der Waals surface area contributed by atoms with Gasteiger partial charge in [0.25, 0.3) is 0 Å². The third-order valence-corrected chi connectivity index (χ3v) is 4.88. The summed E-state index contributed by atoms with van der Waals surface area (Å²) in [6, 6.07) is 6.63. The van der Waals surface area contributed by atoms with Crippen LogP contribution < -0.4 is 5.63 Å². The van der Waals surface area contributed by atoms with Gasteiger partial charge in [-0.15, -0.1) is 0 Å². The Morgan fingerprint density at radius 2 is 1.65 bits per heavy atom. The molecule has 1 atom stereocenters. The van der Waals surface area contributed by atoms with Crippen LogP contribution in [0, 0.1) is 0 Å². The summed E-state index contributed by atoms with van der Waals surface area (Å²) in [4.78, 5) is 24.3. The molecule has 4 rings (SSSR count). The Hall–Kier alpha value is -4.20. The van der Waals surface area contributed by atoms with Crippen LogP contribution in [0.4, 0.5) is 0 Å². The zero-order valence-electron chi connectivity index (χ0n) is 16.3. The molecule has 1 unspecified atom stereocenters. The zero-order valence-corrected chi connectivity index (χ0v) is 16.3. The highest BCUT2D eigenvalue weighted by atomic mass is 16.5. The molecule has 0 aliphatic carbocycles. The standard InChI is InChI=1S/C23H18O8/c1-11(24)6-20-22-14-9-18(27)19(28)10-15(14)23(29)31-21(22)8-13(30-20)4-2-12-3-5-16(25)17(26)7-12/h2-5,7-10,20,25-28H,6H2,1H3/b4-2+. The molecule has 0 fully saturated rings. The van der Waals surface area contributed by atoms with Gasteiger partial charge in [-0.2, -0.15) is 0 Å². The van der Waals surface area contributed by atoms with E-state index in [4.69, 9.17) is 9.15 Å². The van der Waals surface area contributed by atoms with E-state index in [0.29, 0.717) is 22.3 Å². The van der Waals surface area contributed by atoms with Gasteiger partial charge in [-0.05, 0) is 42.8 Å². The van der Waals surface area contributed by atoms with Crippen molar-refractivity contribution in [1.82, 2.24) is 0 Å². The Labute approximate surface area is 175 Å². The number of hydrogen-bond acceptors (Lipinski definition) is 8. The Morgan fingerprint density at radius 3 is 2.32 bits per heavy atom. The summed E-state index contributed by atoms with van der Waals surface area (Å²) in [5.41, 5.74) is 0.282. The molecular formula is C23H18O8. The number of carbonyl (C=O) groups is 1. The molecular weight excluding hydrogens is 404 g/mol. The molecule has 0 radical (unpaired) electrons. The molecule has 1 aromatic heterocycles. The van der Waals surface area contributed by atoms with Gasteiger partial charge >= 0.3 is 5.63 Å². The fourth-order valence-corrected chi connectivity index (χ4v) is 3.45. The Morgan fingerprint density at radius 1 is 0.968 bits per heavy atom.